The standard InChI is InChI=1S/C10H14BrN3S/c1-15-9-3-2-8(4-9)14-10-12-5-7(11)6-13-10/h5-6,8-9H,2-4H2,1H3,(H,12,13,14). The van der Waals surface area contributed by atoms with Crippen LogP contribution in [-0.2, 0) is 0 Å². The van der Waals surface area contributed by atoms with Gasteiger partial charge in [-0.3, -0.25) is 0 Å². The zero-order valence-electron chi connectivity index (χ0n) is 8.61. The van der Waals surface area contributed by atoms with Crippen molar-refractivity contribution < 1.29 is 0 Å². The van der Waals surface area contributed by atoms with Crippen molar-refractivity contribution in [3.8, 4) is 0 Å². The molecular formula is C10H14BrN3S. The van der Waals surface area contributed by atoms with E-state index in [1.54, 1.807) is 12.4 Å². The predicted octanol–water partition coefficient (Wildman–Crippen LogP) is 2.94. The normalized spacial score (nSPS) is 25.5. The highest BCUT2D eigenvalue weighted by atomic mass is 79.9. The number of hydrogen-bond donors (Lipinski definition) is 1. The molecule has 1 fully saturated rings. The maximum Gasteiger partial charge on any atom is 0.222 e. The summed E-state index contributed by atoms with van der Waals surface area (Å²) in [4.78, 5) is 8.43. The number of hydrogen-bond acceptors (Lipinski definition) is 4. The minimum atomic E-state index is 0.545. The summed E-state index contributed by atoms with van der Waals surface area (Å²) >= 11 is 5.28. The molecule has 1 aliphatic carbocycles. The van der Waals surface area contributed by atoms with Crippen LogP contribution < -0.4 is 5.32 Å². The molecule has 3 nitrogen and oxygen atoms in total. The number of nitrogens with zero attached hydrogens (tertiary/aromatic N) is 2. The lowest BCUT2D eigenvalue weighted by Crippen LogP contribution is -2.17. The van der Waals surface area contributed by atoms with Crippen molar-refractivity contribution >= 4 is 33.6 Å². The first-order chi connectivity index (χ1) is 7.28. The number of thioether (sulfide) groups is 1. The Kier molecular flexibility index (Phi) is 3.86. The van der Waals surface area contributed by atoms with E-state index in [2.05, 4.69) is 37.5 Å². The molecule has 5 heteroatoms. The van der Waals surface area contributed by atoms with Crippen LogP contribution in [0.1, 0.15) is 19.3 Å². The average molecular weight is 288 g/mol. The molecule has 1 heterocycles. The smallest absolute Gasteiger partial charge is 0.222 e. The van der Waals surface area contributed by atoms with E-state index in [1.165, 1.54) is 19.3 Å². The Balaban J connectivity index is 1.90. The third kappa shape index (κ3) is 3.08. The topological polar surface area (TPSA) is 37.8 Å². The van der Waals surface area contributed by atoms with Crippen molar-refractivity contribution in [2.24, 2.45) is 0 Å². The molecule has 15 heavy (non-hydrogen) atoms. The maximum absolute atomic E-state index is 4.22. The van der Waals surface area contributed by atoms with Gasteiger partial charge in [-0.1, -0.05) is 0 Å². The summed E-state index contributed by atoms with van der Waals surface area (Å²) in [5.74, 6) is 0.741. The summed E-state index contributed by atoms with van der Waals surface area (Å²) in [5, 5.41) is 4.18. The second-order valence-electron chi connectivity index (χ2n) is 3.74. The molecule has 1 saturated carbocycles. The first-order valence-corrected chi connectivity index (χ1v) is 7.13. The van der Waals surface area contributed by atoms with Gasteiger partial charge >= 0.3 is 0 Å². The minimum Gasteiger partial charge on any atom is -0.351 e. The number of anilines is 1. The number of rotatable bonds is 3. The SMILES string of the molecule is CSC1CCC(Nc2ncc(Br)cn2)C1. The van der Waals surface area contributed by atoms with E-state index in [0.717, 1.165) is 15.7 Å². The van der Waals surface area contributed by atoms with Crippen molar-refractivity contribution in [1.82, 2.24) is 9.97 Å². The van der Waals surface area contributed by atoms with E-state index in [0.29, 0.717) is 6.04 Å². The van der Waals surface area contributed by atoms with Gasteiger partial charge in [0.25, 0.3) is 0 Å². The van der Waals surface area contributed by atoms with Crippen LogP contribution in [0.25, 0.3) is 0 Å². The minimum absolute atomic E-state index is 0.545. The Labute approximate surface area is 103 Å². The maximum atomic E-state index is 4.22. The summed E-state index contributed by atoms with van der Waals surface area (Å²) < 4.78 is 0.918. The third-order valence-electron chi connectivity index (χ3n) is 2.67. The van der Waals surface area contributed by atoms with Gasteiger partial charge < -0.3 is 5.32 Å². The van der Waals surface area contributed by atoms with Gasteiger partial charge in [-0.25, -0.2) is 9.97 Å². The lowest BCUT2D eigenvalue weighted by molar-refractivity contribution is 0.745. The molecule has 0 aromatic carbocycles. The second kappa shape index (κ2) is 5.16. The Morgan fingerprint density at radius 1 is 1.40 bits per heavy atom. The van der Waals surface area contributed by atoms with E-state index in [9.17, 15) is 0 Å². The highest BCUT2D eigenvalue weighted by molar-refractivity contribution is 9.10. The molecule has 0 saturated heterocycles. The van der Waals surface area contributed by atoms with Crippen LogP contribution in [-0.4, -0.2) is 27.5 Å². The number of halogens is 1. The summed E-state index contributed by atoms with van der Waals surface area (Å²) in [7, 11) is 0. The lowest BCUT2D eigenvalue weighted by Gasteiger charge is -2.12. The Morgan fingerprint density at radius 2 is 2.13 bits per heavy atom. The fourth-order valence-corrected chi connectivity index (χ4v) is 2.86. The summed E-state index contributed by atoms with van der Waals surface area (Å²) in [6.45, 7) is 0. The molecule has 82 valence electrons. The van der Waals surface area contributed by atoms with Crippen LogP contribution in [0, 0.1) is 0 Å². The summed E-state index contributed by atoms with van der Waals surface area (Å²) in [5.41, 5.74) is 0. The van der Waals surface area contributed by atoms with Crippen LogP contribution in [0.3, 0.4) is 0 Å². The third-order valence-corrected chi connectivity index (χ3v) is 4.18. The van der Waals surface area contributed by atoms with Crippen molar-refractivity contribution in [2.45, 2.75) is 30.6 Å². The van der Waals surface area contributed by atoms with Crippen LogP contribution >= 0.6 is 27.7 Å². The van der Waals surface area contributed by atoms with Crippen molar-refractivity contribution in [2.75, 3.05) is 11.6 Å². The van der Waals surface area contributed by atoms with Gasteiger partial charge in [0, 0.05) is 23.7 Å². The van der Waals surface area contributed by atoms with Crippen LogP contribution in [0.4, 0.5) is 5.95 Å². The summed E-state index contributed by atoms with van der Waals surface area (Å²) in [6.07, 6.45) is 9.48. The lowest BCUT2D eigenvalue weighted by atomic mass is 10.2. The monoisotopic (exact) mass is 287 g/mol. The highest BCUT2D eigenvalue weighted by Crippen LogP contribution is 2.29. The van der Waals surface area contributed by atoms with Crippen molar-refractivity contribution in [3.05, 3.63) is 16.9 Å². The molecule has 0 bridgehead atoms. The van der Waals surface area contributed by atoms with Gasteiger partial charge in [-0.05, 0) is 41.4 Å². The Hall–Kier alpha value is -0.290. The van der Waals surface area contributed by atoms with Crippen molar-refractivity contribution in [3.63, 3.8) is 0 Å². The zero-order valence-corrected chi connectivity index (χ0v) is 11.0. The molecular weight excluding hydrogens is 274 g/mol. The fraction of sp³-hybridized carbons (Fsp3) is 0.600. The molecule has 1 aliphatic rings. The number of nitrogens with one attached hydrogen (secondary N) is 1. The molecule has 0 radical (unpaired) electrons. The molecule has 1 aromatic heterocycles. The number of aromatic nitrogens is 2. The van der Waals surface area contributed by atoms with E-state index in [4.69, 9.17) is 0 Å². The van der Waals surface area contributed by atoms with Gasteiger partial charge in [0.2, 0.25) is 5.95 Å². The molecule has 2 unspecified atom stereocenters. The predicted molar refractivity (Wildman–Crippen MR) is 68.3 cm³/mol. The van der Waals surface area contributed by atoms with Gasteiger partial charge in [-0.2, -0.15) is 11.8 Å². The fourth-order valence-electron chi connectivity index (χ4n) is 1.85. The molecule has 0 aliphatic heterocycles. The van der Waals surface area contributed by atoms with E-state index >= 15 is 0 Å². The van der Waals surface area contributed by atoms with Gasteiger partial charge in [-0.15, -0.1) is 0 Å². The highest BCUT2D eigenvalue weighted by Gasteiger charge is 2.24. The van der Waals surface area contributed by atoms with Crippen molar-refractivity contribution in [1.29, 1.82) is 0 Å². The van der Waals surface area contributed by atoms with Crippen LogP contribution in [0.2, 0.25) is 0 Å². The molecule has 2 rings (SSSR count). The molecule has 1 aromatic rings. The molecule has 1 N–H and O–H groups in total. The van der Waals surface area contributed by atoms with Gasteiger partial charge in [0.15, 0.2) is 0 Å². The largest absolute Gasteiger partial charge is 0.351 e. The second-order valence-corrected chi connectivity index (χ2v) is 5.79. The van der Waals surface area contributed by atoms with Gasteiger partial charge in [0.05, 0.1) is 4.47 Å². The zero-order chi connectivity index (χ0) is 10.7. The molecule has 2 atom stereocenters. The van der Waals surface area contributed by atoms with Gasteiger partial charge in [0.1, 0.15) is 0 Å². The first-order valence-electron chi connectivity index (χ1n) is 5.05. The van der Waals surface area contributed by atoms with E-state index in [-0.39, 0.29) is 0 Å². The Bertz CT molecular complexity index is 317. The molecule has 0 amide bonds. The average Bonchev–Trinajstić information content (AvgIpc) is 2.69. The molecule has 0 spiro atoms. The van der Waals surface area contributed by atoms with Crippen LogP contribution in [0.15, 0.2) is 16.9 Å². The first kappa shape index (κ1) is 11.2. The van der Waals surface area contributed by atoms with Crippen LogP contribution in [0.5, 0.6) is 0 Å². The Morgan fingerprint density at radius 3 is 2.73 bits per heavy atom. The van der Waals surface area contributed by atoms with E-state index < -0.39 is 0 Å². The summed E-state index contributed by atoms with van der Waals surface area (Å²) in [6, 6.07) is 0.545. The van der Waals surface area contributed by atoms with E-state index in [1.807, 2.05) is 11.8 Å². The quantitative estimate of drug-likeness (QED) is 0.928.